The van der Waals surface area contributed by atoms with Crippen LogP contribution in [-0.2, 0) is 0 Å². The normalized spacial score (nSPS) is 13.0. The Morgan fingerprint density at radius 3 is 2.73 bits per heavy atom. The molecule has 0 fully saturated rings. The highest BCUT2D eigenvalue weighted by atomic mass is 35.5. The SMILES string of the molecule is C[C@@H](NCl)c1ccc(Cl)nc1. The van der Waals surface area contributed by atoms with E-state index in [1.165, 1.54) is 0 Å². The molecule has 1 atom stereocenters. The maximum atomic E-state index is 5.60. The van der Waals surface area contributed by atoms with Gasteiger partial charge >= 0.3 is 0 Å². The van der Waals surface area contributed by atoms with Crippen molar-refractivity contribution in [1.29, 1.82) is 0 Å². The number of halogens is 2. The number of rotatable bonds is 2. The lowest BCUT2D eigenvalue weighted by molar-refractivity contribution is 0.741. The Labute approximate surface area is 75.6 Å². The van der Waals surface area contributed by atoms with Crippen LogP contribution in [0.2, 0.25) is 5.15 Å². The average Bonchev–Trinajstić information content (AvgIpc) is 2.05. The van der Waals surface area contributed by atoms with Crippen LogP contribution in [0.5, 0.6) is 0 Å². The maximum Gasteiger partial charge on any atom is 0.129 e. The molecule has 0 radical (unpaired) electrons. The van der Waals surface area contributed by atoms with E-state index in [2.05, 4.69) is 9.82 Å². The van der Waals surface area contributed by atoms with E-state index in [1.54, 1.807) is 12.3 Å². The number of aromatic nitrogens is 1. The monoisotopic (exact) mass is 190 g/mol. The molecule has 60 valence electrons. The molecule has 0 saturated carbocycles. The van der Waals surface area contributed by atoms with Crippen molar-refractivity contribution in [3.8, 4) is 0 Å². The summed E-state index contributed by atoms with van der Waals surface area (Å²) >= 11 is 11.0. The predicted molar refractivity (Wildman–Crippen MR) is 46.7 cm³/mol. The van der Waals surface area contributed by atoms with Crippen LogP contribution in [0.4, 0.5) is 0 Å². The van der Waals surface area contributed by atoms with Gasteiger partial charge in [-0.3, -0.25) is 0 Å². The van der Waals surface area contributed by atoms with Gasteiger partial charge < -0.3 is 0 Å². The molecule has 1 heterocycles. The van der Waals surface area contributed by atoms with Crippen LogP contribution >= 0.6 is 23.4 Å². The number of hydrogen-bond donors (Lipinski definition) is 1. The number of nitrogens with zero attached hydrogens (tertiary/aromatic N) is 1. The summed E-state index contributed by atoms with van der Waals surface area (Å²) < 4.78 is 0. The second-order valence-electron chi connectivity index (χ2n) is 2.25. The highest BCUT2D eigenvalue weighted by molar-refractivity contribution is 6.29. The van der Waals surface area contributed by atoms with Gasteiger partial charge in [0.1, 0.15) is 5.15 Å². The molecule has 0 aliphatic carbocycles. The van der Waals surface area contributed by atoms with Crippen molar-refractivity contribution in [2.24, 2.45) is 0 Å². The summed E-state index contributed by atoms with van der Waals surface area (Å²) in [6.45, 7) is 1.94. The number of nitrogens with one attached hydrogen (secondary N) is 1. The van der Waals surface area contributed by atoms with Gasteiger partial charge in [0.05, 0.1) is 0 Å². The van der Waals surface area contributed by atoms with Crippen LogP contribution in [0.1, 0.15) is 18.5 Å². The summed E-state index contributed by atoms with van der Waals surface area (Å²) in [5, 5.41) is 0.496. The van der Waals surface area contributed by atoms with Gasteiger partial charge in [0, 0.05) is 12.2 Å². The van der Waals surface area contributed by atoms with E-state index in [0.29, 0.717) is 5.15 Å². The Morgan fingerprint density at radius 2 is 2.27 bits per heavy atom. The molecule has 0 bridgehead atoms. The molecule has 0 saturated heterocycles. The van der Waals surface area contributed by atoms with Gasteiger partial charge in [-0.15, -0.1) is 0 Å². The topological polar surface area (TPSA) is 24.9 Å². The summed E-state index contributed by atoms with van der Waals surface area (Å²) in [6, 6.07) is 3.72. The molecule has 0 spiro atoms. The molecular formula is C7H8Cl2N2. The Balaban J connectivity index is 2.81. The van der Waals surface area contributed by atoms with Crippen molar-refractivity contribution >= 4 is 23.4 Å². The Hall–Kier alpha value is -0.310. The first-order valence-electron chi connectivity index (χ1n) is 3.21. The van der Waals surface area contributed by atoms with E-state index >= 15 is 0 Å². The largest absolute Gasteiger partial charge is 0.244 e. The summed E-state index contributed by atoms with van der Waals surface area (Å²) in [5.41, 5.74) is 1.02. The van der Waals surface area contributed by atoms with E-state index in [9.17, 15) is 0 Å². The van der Waals surface area contributed by atoms with Gasteiger partial charge in [-0.05, 0) is 30.3 Å². The van der Waals surface area contributed by atoms with E-state index < -0.39 is 0 Å². The fourth-order valence-electron chi connectivity index (χ4n) is 0.706. The second-order valence-corrected chi connectivity index (χ2v) is 2.85. The molecule has 0 aliphatic rings. The van der Waals surface area contributed by atoms with E-state index in [4.69, 9.17) is 23.4 Å². The molecule has 1 aromatic heterocycles. The van der Waals surface area contributed by atoms with Crippen molar-refractivity contribution in [2.45, 2.75) is 13.0 Å². The molecule has 2 nitrogen and oxygen atoms in total. The first-order chi connectivity index (χ1) is 5.24. The molecule has 4 heteroatoms. The molecule has 1 rings (SSSR count). The fraction of sp³-hybridized carbons (Fsp3) is 0.286. The standard InChI is InChI=1S/C7H8Cl2N2/c1-5(11-9)6-2-3-7(8)10-4-6/h2-5,11H,1H3/t5-/m1/s1. The lowest BCUT2D eigenvalue weighted by Gasteiger charge is -2.06. The third-order valence-electron chi connectivity index (χ3n) is 1.41. The quantitative estimate of drug-likeness (QED) is 0.573. The van der Waals surface area contributed by atoms with E-state index in [0.717, 1.165) is 5.56 Å². The van der Waals surface area contributed by atoms with Crippen LogP contribution in [0.3, 0.4) is 0 Å². The Bertz CT molecular complexity index is 222. The van der Waals surface area contributed by atoms with E-state index in [1.807, 2.05) is 13.0 Å². The van der Waals surface area contributed by atoms with Crippen molar-refractivity contribution in [3.63, 3.8) is 0 Å². The second kappa shape index (κ2) is 3.90. The Kier molecular flexibility index (Phi) is 3.12. The van der Waals surface area contributed by atoms with Gasteiger partial charge in [0.15, 0.2) is 0 Å². The molecule has 0 aromatic carbocycles. The summed E-state index contributed by atoms with van der Waals surface area (Å²) in [6.07, 6.45) is 1.70. The van der Waals surface area contributed by atoms with Gasteiger partial charge in [-0.25, -0.2) is 9.82 Å². The third kappa shape index (κ3) is 2.33. The minimum absolute atomic E-state index is 0.0985. The van der Waals surface area contributed by atoms with Crippen LogP contribution < -0.4 is 4.84 Å². The molecule has 1 N–H and O–H groups in total. The van der Waals surface area contributed by atoms with Gasteiger partial charge in [0.2, 0.25) is 0 Å². The van der Waals surface area contributed by atoms with Crippen molar-refractivity contribution < 1.29 is 0 Å². The van der Waals surface area contributed by atoms with Crippen molar-refractivity contribution in [2.75, 3.05) is 0 Å². The highest BCUT2D eigenvalue weighted by Gasteiger charge is 2.02. The zero-order chi connectivity index (χ0) is 8.27. The van der Waals surface area contributed by atoms with Crippen molar-refractivity contribution in [3.05, 3.63) is 29.0 Å². The fourth-order valence-corrected chi connectivity index (χ4v) is 0.944. The molecule has 0 amide bonds. The van der Waals surface area contributed by atoms with E-state index in [-0.39, 0.29) is 6.04 Å². The summed E-state index contributed by atoms with van der Waals surface area (Å²) in [5.74, 6) is 0. The Morgan fingerprint density at radius 1 is 1.55 bits per heavy atom. The maximum absolute atomic E-state index is 5.60. The first-order valence-corrected chi connectivity index (χ1v) is 3.97. The molecule has 1 aromatic rings. The zero-order valence-electron chi connectivity index (χ0n) is 6.01. The third-order valence-corrected chi connectivity index (χ3v) is 1.96. The van der Waals surface area contributed by atoms with Crippen molar-refractivity contribution in [1.82, 2.24) is 9.82 Å². The molecule has 11 heavy (non-hydrogen) atoms. The predicted octanol–water partition coefficient (Wildman–Crippen LogP) is 2.54. The lowest BCUT2D eigenvalue weighted by atomic mass is 10.2. The molecule has 0 unspecified atom stereocenters. The zero-order valence-corrected chi connectivity index (χ0v) is 7.52. The summed E-state index contributed by atoms with van der Waals surface area (Å²) in [4.78, 5) is 6.50. The lowest BCUT2D eigenvalue weighted by Crippen LogP contribution is -2.06. The number of pyridine rings is 1. The minimum Gasteiger partial charge on any atom is -0.244 e. The summed E-state index contributed by atoms with van der Waals surface area (Å²) in [7, 11) is 0. The van der Waals surface area contributed by atoms with Crippen LogP contribution in [0, 0.1) is 0 Å². The number of hydrogen-bond acceptors (Lipinski definition) is 2. The van der Waals surface area contributed by atoms with Crippen LogP contribution in [-0.4, -0.2) is 4.98 Å². The van der Waals surface area contributed by atoms with Crippen LogP contribution in [0.15, 0.2) is 18.3 Å². The average molecular weight is 191 g/mol. The highest BCUT2D eigenvalue weighted by Crippen LogP contribution is 2.13. The van der Waals surface area contributed by atoms with Gasteiger partial charge in [-0.2, -0.15) is 0 Å². The van der Waals surface area contributed by atoms with Gasteiger partial charge in [0.25, 0.3) is 0 Å². The smallest absolute Gasteiger partial charge is 0.129 e. The first kappa shape index (κ1) is 8.78. The minimum atomic E-state index is 0.0985. The van der Waals surface area contributed by atoms with Gasteiger partial charge in [-0.1, -0.05) is 17.7 Å². The van der Waals surface area contributed by atoms with Crippen LogP contribution in [0.25, 0.3) is 0 Å². The molecule has 0 aliphatic heterocycles. The molecular weight excluding hydrogens is 183 g/mol.